The molecule has 0 aromatic rings. The Balaban J connectivity index is 2.43. The topological polar surface area (TPSA) is 46.6 Å². The maximum Gasteiger partial charge on any atom is 0.410 e. The Morgan fingerprint density at radius 1 is 1.37 bits per heavy atom. The van der Waals surface area contributed by atoms with Crippen LogP contribution in [0.25, 0.3) is 0 Å². The summed E-state index contributed by atoms with van der Waals surface area (Å²) in [6.45, 7) is 5.48. The van der Waals surface area contributed by atoms with E-state index in [1.165, 1.54) is 30.6 Å². The Morgan fingerprint density at radius 2 is 1.95 bits per heavy atom. The molecule has 0 spiro atoms. The fraction of sp³-hybridized carbons (Fsp3) is 0.867. The average molecular weight is 269 g/mol. The van der Waals surface area contributed by atoms with E-state index in [4.69, 9.17) is 4.74 Å². The predicted octanol–water partition coefficient (Wildman–Crippen LogP) is 3.39. The van der Waals surface area contributed by atoms with Gasteiger partial charge in [-0.15, -0.1) is 0 Å². The fourth-order valence-electron chi connectivity index (χ4n) is 2.53. The van der Waals surface area contributed by atoms with Gasteiger partial charge in [0.1, 0.15) is 11.9 Å². The van der Waals surface area contributed by atoms with Crippen LogP contribution in [0.1, 0.15) is 59.3 Å². The largest absolute Gasteiger partial charge is 0.444 e. The van der Waals surface area contributed by atoms with Crippen LogP contribution in [-0.2, 0) is 9.53 Å². The molecule has 1 aliphatic rings. The number of aldehydes is 1. The molecule has 4 heteroatoms. The van der Waals surface area contributed by atoms with Crippen molar-refractivity contribution >= 4 is 12.4 Å². The van der Waals surface area contributed by atoms with Gasteiger partial charge in [-0.3, -0.25) is 0 Å². The highest BCUT2D eigenvalue weighted by molar-refractivity contribution is 5.73. The first-order chi connectivity index (χ1) is 8.83. The Bertz CT molecular complexity index is 303. The van der Waals surface area contributed by atoms with Gasteiger partial charge in [0.05, 0.1) is 6.04 Å². The molecule has 0 aromatic heterocycles. The molecule has 0 N–H and O–H groups in total. The van der Waals surface area contributed by atoms with E-state index in [-0.39, 0.29) is 6.04 Å². The SMILES string of the molecule is CN(C(=O)OC(C)(C)C)C(C=O)CCC1CCCC1. The lowest BCUT2D eigenvalue weighted by Crippen LogP contribution is -2.41. The lowest BCUT2D eigenvalue weighted by Gasteiger charge is -2.28. The van der Waals surface area contributed by atoms with E-state index >= 15 is 0 Å². The van der Waals surface area contributed by atoms with Crippen molar-refractivity contribution in [1.29, 1.82) is 0 Å². The van der Waals surface area contributed by atoms with Crippen LogP contribution < -0.4 is 0 Å². The van der Waals surface area contributed by atoms with Crippen LogP contribution in [0, 0.1) is 5.92 Å². The van der Waals surface area contributed by atoms with Crippen LogP contribution >= 0.6 is 0 Å². The number of likely N-dealkylation sites (N-methyl/N-ethyl adjacent to an activating group) is 1. The number of nitrogens with zero attached hydrogens (tertiary/aromatic N) is 1. The van der Waals surface area contributed by atoms with Gasteiger partial charge in [0.25, 0.3) is 0 Å². The van der Waals surface area contributed by atoms with Crippen molar-refractivity contribution in [2.24, 2.45) is 5.92 Å². The van der Waals surface area contributed by atoms with Crippen molar-refractivity contribution in [3.63, 3.8) is 0 Å². The van der Waals surface area contributed by atoms with E-state index in [1.54, 1.807) is 7.05 Å². The van der Waals surface area contributed by atoms with Gasteiger partial charge in [0.15, 0.2) is 0 Å². The summed E-state index contributed by atoms with van der Waals surface area (Å²) in [4.78, 5) is 24.5. The number of hydrogen-bond acceptors (Lipinski definition) is 3. The number of rotatable bonds is 5. The summed E-state index contributed by atoms with van der Waals surface area (Å²) in [5, 5.41) is 0. The molecule has 1 unspecified atom stereocenters. The molecule has 0 heterocycles. The maximum atomic E-state index is 11.9. The molecule has 0 aliphatic heterocycles. The van der Waals surface area contributed by atoms with Crippen molar-refractivity contribution in [3.05, 3.63) is 0 Å². The van der Waals surface area contributed by atoms with Gasteiger partial charge in [-0.05, 0) is 39.5 Å². The number of amides is 1. The first kappa shape index (κ1) is 16.0. The monoisotopic (exact) mass is 269 g/mol. The van der Waals surface area contributed by atoms with Crippen LogP contribution in [0.15, 0.2) is 0 Å². The molecule has 110 valence electrons. The van der Waals surface area contributed by atoms with Crippen LogP contribution in [0.4, 0.5) is 4.79 Å². The summed E-state index contributed by atoms with van der Waals surface area (Å²) in [5.74, 6) is 0.731. The van der Waals surface area contributed by atoms with Gasteiger partial charge in [-0.2, -0.15) is 0 Å². The minimum Gasteiger partial charge on any atom is -0.444 e. The number of carbonyl (C=O) groups is 2. The van der Waals surface area contributed by atoms with Gasteiger partial charge >= 0.3 is 6.09 Å². The van der Waals surface area contributed by atoms with E-state index in [1.807, 2.05) is 20.8 Å². The molecule has 0 radical (unpaired) electrons. The maximum absolute atomic E-state index is 11.9. The van der Waals surface area contributed by atoms with Gasteiger partial charge in [0.2, 0.25) is 0 Å². The summed E-state index contributed by atoms with van der Waals surface area (Å²) < 4.78 is 5.28. The normalized spacial score (nSPS) is 18.1. The predicted molar refractivity (Wildman–Crippen MR) is 75.0 cm³/mol. The third kappa shape index (κ3) is 5.62. The molecule has 0 bridgehead atoms. The van der Waals surface area contributed by atoms with E-state index in [9.17, 15) is 9.59 Å². The first-order valence-electron chi connectivity index (χ1n) is 7.24. The van der Waals surface area contributed by atoms with Gasteiger partial charge in [-0.1, -0.05) is 25.7 Å². The third-order valence-corrected chi connectivity index (χ3v) is 3.68. The van der Waals surface area contributed by atoms with E-state index in [2.05, 4.69) is 0 Å². The molecule has 1 fully saturated rings. The van der Waals surface area contributed by atoms with Crippen molar-refractivity contribution in [3.8, 4) is 0 Å². The zero-order chi connectivity index (χ0) is 14.5. The van der Waals surface area contributed by atoms with Crippen LogP contribution in [0.3, 0.4) is 0 Å². The highest BCUT2D eigenvalue weighted by Crippen LogP contribution is 2.29. The molecule has 1 saturated carbocycles. The Hall–Kier alpha value is -1.06. The van der Waals surface area contributed by atoms with E-state index in [0.29, 0.717) is 0 Å². The molecular weight excluding hydrogens is 242 g/mol. The molecule has 4 nitrogen and oxygen atoms in total. The van der Waals surface area contributed by atoms with Gasteiger partial charge < -0.3 is 14.4 Å². The van der Waals surface area contributed by atoms with Crippen molar-refractivity contribution in [2.75, 3.05) is 7.05 Å². The Morgan fingerprint density at radius 3 is 2.42 bits per heavy atom. The van der Waals surface area contributed by atoms with Gasteiger partial charge in [-0.25, -0.2) is 4.79 Å². The van der Waals surface area contributed by atoms with Crippen molar-refractivity contribution in [1.82, 2.24) is 4.90 Å². The Labute approximate surface area is 116 Å². The standard InChI is InChI=1S/C15H27NO3/c1-15(2,3)19-14(18)16(4)13(11-17)10-9-12-7-5-6-8-12/h11-13H,5-10H2,1-4H3. The second-order valence-corrected chi connectivity index (χ2v) is 6.52. The van der Waals surface area contributed by atoms with Crippen LogP contribution in [-0.4, -0.2) is 36.0 Å². The molecule has 1 atom stereocenters. The van der Waals surface area contributed by atoms with Crippen LogP contribution in [0.2, 0.25) is 0 Å². The smallest absolute Gasteiger partial charge is 0.410 e. The third-order valence-electron chi connectivity index (χ3n) is 3.68. The molecule has 0 aromatic carbocycles. The second kappa shape index (κ2) is 6.92. The summed E-state index contributed by atoms with van der Waals surface area (Å²) in [7, 11) is 1.64. The van der Waals surface area contributed by atoms with Crippen LogP contribution in [0.5, 0.6) is 0 Å². The summed E-state index contributed by atoms with van der Waals surface area (Å²) in [6.07, 6.45) is 7.34. The first-order valence-corrected chi connectivity index (χ1v) is 7.24. The molecule has 1 amide bonds. The quantitative estimate of drug-likeness (QED) is 0.719. The zero-order valence-corrected chi connectivity index (χ0v) is 12.6. The minimum atomic E-state index is -0.524. The molecule has 1 rings (SSSR count). The van der Waals surface area contributed by atoms with Crippen molar-refractivity contribution in [2.45, 2.75) is 70.9 Å². The van der Waals surface area contributed by atoms with Crippen molar-refractivity contribution < 1.29 is 14.3 Å². The molecule has 0 saturated heterocycles. The number of hydrogen-bond donors (Lipinski definition) is 0. The van der Waals surface area contributed by atoms with E-state index in [0.717, 1.165) is 25.0 Å². The molecular formula is C15H27NO3. The molecule has 19 heavy (non-hydrogen) atoms. The highest BCUT2D eigenvalue weighted by Gasteiger charge is 2.26. The lowest BCUT2D eigenvalue weighted by atomic mass is 9.98. The Kier molecular flexibility index (Phi) is 5.83. The lowest BCUT2D eigenvalue weighted by molar-refractivity contribution is -0.112. The van der Waals surface area contributed by atoms with E-state index < -0.39 is 11.7 Å². The summed E-state index contributed by atoms with van der Waals surface area (Å²) in [6, 6.07) is -0.365. The minimum absolute atomic E-state index is 0.365. The van der Waals surface area contributed by atoms with Gasteiger partial charge in [0, 0.05) is 7.05 Å². The summed E-state index contributed by atoms with van der Waals surface area (Å²) >= 11 is 0. The zero-order valence-electron chi connectivity index (χ0n) is 12.6. The second-order valence-electron chi connectivity index (χ2n) is 6.52. The number of carbonyl (C=O) groups excluding carboxylic acids is 2. The number of ether oxygens (including phenoxy) is 1. The fourth-order valence-corrected chi connectivity index (χ4v) is 2.53. The average Bonchev–Trinajstić information content (AvgIpc) is 2.80. The summed E-state index contributed by atoms with van der Waals surface area (Å²) in [5.41, 5.74) is -0.524. The highest BCUT2D eigenvalue weighted by atomic mass is 16.6. The molecule has 1 aliphatic carbocycles.